The number of alkyl halides is 2. The van der Waals surface area contributed by atoms with Crippen molar-refractivity contribution in [2.75, 3.05) is 0 Å². The van der Waals surface area contributed by atoms with E-state index in [1.165, 1.54) is 36.4 Å². The van der Waals surface area contributed by atoms with E-state index in [4.69, 9.17) is 16.3 Å². The van der Waals surface area contributed by atoms with E-state index in [1.807, 2.05) is 0 Å². The van der Waals surface area contributed by atoms with Crippen molar-refractivity contribution in [3.05, 3.63) is 61.6 Å². The van der Waals surface area contributed by atoms with Crippen molar-refractivity contribution < 1.29 is 18.4 Å². The summed E-state index contributed by atoms with van der Waals surface area (Å²) in [7, 11) is 0. The maximum atomic E-state index is 12.9. The van der Waals surface area contributed by atoms with E-state index in [-0.39, 0.29) is 26.6 Å². The van der Waals surface area contributed by atoms with E-state index in [1.54, 1.807) is 0 Å². The fraction of sp³-hybridized carbons (Fsp3) is 0.0769. The second-order valence-electron chi connectivity index (χ2n) is 3.90. The number of rotatable bonds is 4. The molecule has 2 aromatic carbocycles. The van der Waals surface area contributed by atoms with Crippen LogP contribution in [0.3, 0.4) is 0 Å². The van der Waals surface area contributed by atoms with Crippen molar-refractivity contribution in [3.63, 3.8) is 0 Å². The lowest BCUT2D eigenvalue weighted by Crippen LogP contribution is -1.98. The first-order chi connectivity index (χ1) is 9.91. The van der Waals surface area contributed by atoms with Gasteiger partial charge in [-0.25, -0.2) is 8.78 Å². The van der Waals surface area contributed by atoms with Crippen LogP contribution in [-0.4, -0.2) is 4.92 Å². The number of nitro groups is 1. The number of halogens is 4. The minimum absolute atomic E-state index is 0.0473. The Labute approximate surface area is 131 Å². The molecule has 2 aromatic rings. The van der Waals surface area contributed by atoms with E-state index in [2.05, 4.69) is 15.9 Å². The summed E-state index contributed by atoms with van der Waals surface area (Å²) in [6, 6.07) is 8.13. The highest BCUT2D eigenvalue weighted by molar-refractivity contribution is 9.10. The molecule has 0 aliphatic carbocycles. The number of hydrogen-bond donors (Lipinski definition) is 0. The van der Waals surface area contributed by atoms with E-state index in [0.717, 1.165) is 0 Å². The quantitative estimate of drug-likeness (QED) is 0.503. The molecule has 0 aliphatic heterocycles. The first-order valence-electron chi connectivity index (χ1n) is 5.59. The number of nitrogens with zero attached hydrogens (tertiary/aromatic N) is 1. The summed E-state index contributed by atoms with van der Waals surface area (Å²) >= 11 is 8.90. The summed E-state index contributed by atoms with van der Waals surface area (Å²) in [4.78, 5) is 10.4. The molecule has 21 heavy (non-hydrogen) atoms. The second kappa shape index (κ2) is 6.36. The Bertz CT molecular complexity index is 697. The molecule has 8 heteroatoms. The van der Waals surface area contributed by atoms with Gasteiger partial charge in [-0.3, -0.25) is 10.1 Å². The van der Waals surface area contributed by atoms with Crippen LogP contribution < -0.4 is 4.74 Å². The number of benzene rings is 2. The molecular weight excluding hydrogens is 372 g/mol. The standard InChI is InChI=1S/C13H7BrClF2NO3/c14-8-5-6-9(15)12(11(8)18(19)20)21-10-4-2-1-3-7(10)13(16)17/h1-6,13H. The van der Waals surface area contributed by atoms with Gasteiger partial charge in [-0.1, -0.05) is 23.7 Å². The Morgan fingerprint density at radius 1 is 1.24 bits per heavy atom. The summed E-state index contributed by atoms with van der Waals surface area (Å²) in [5.74, 6) is -0.472. The van der Waals surface area contributed by atoms with Gasteiger partial charge in [0.15, 0.2) is 0 Å². The lowest BCUT2D eigenvalue weighted by molar-refractivity contribution is -0.386. The predicted molar refractivity (Wildman–Crippen MR) is 77.3 cm³/mol. The molecule has 110 valence electrons. The van der Waals surface area contributed by atoms with Crippen molar-refractivity contribution in [2.24, 2.45) is 0 Å². The maximum Gasteiger partial charge on any atom is 0.327 e. The van der Waals surface area contributed by atoms with Gasteiger partial charge in [0.25, 0.3) is 6.43 Å². The van der Waals surface area contributed by atoms with E-state index in [9.17, 15) is 18.9 Å². The molecule has 0 radical (unpaired) electrons. The number of ether oxygens (including phenoxy) is 1. The van der Waals surface area contributed by atoms with Gasteiger partial charge in [0.1, 0.15) is 5.75 Å². The Morgan fingerprint density at radius 3 is 2.52 bits per heavy atom. The van der Waals surface area contributed by atoms with Crippen LogP contribution in [0.2, 0.25) is 5.02 Å². The lowest BCUT2D eigenvalue weighted by Gasteiger charge is -2.12. The number of hydrogen-bond acceptors (Lipinski definition) is 3. The van der Waals surface area contributed by atoms with E-state index >= 15 is 0 Å². The second-order valence-corrected chi connectivity index (χ2v) is 5.17. The monoisotopic (exact) mass is 377 g/mol. The smallest absolute Gasteiger partial charge is 0.327 e. The van der Waals surface area contributed by atoms with Crippen molar-refractivity contribution in [2.45, 2.75) is 6.43 Å². The lowest BCUT2D eigenvalue weighted by atomic mass is 10.2. The van der Waals surface area contributed by atoms with Crippen LogP contribution in [-0.2, 0) is 0 Å². The number of nitro benzene ring substituents is 1. The Balaban J connectivity index is 2.55. The summed E-state index contributed by atoms with van der Waals surface area (Å²) in [5, 5.41) is 11.0. The van der Waals surface area contributed by atoms with Gasteiger partial charge in [0.2, 0.25) is 5.75 Å². The van der Waals surface area contributed by atoms with Crippen LogP contribution in [0.1, 0.15) is 12.0 Å². The third-order valence-electron chi connectivity index (χ3n) is 2.58. The molecule has 0 bridgehead atoms. The topological polar surface area (TPSA) is 52.4 Å². The molecule has 0 aromatic heterocycles. The highest BCUT2D eigenvalue weighted by Gasteiger charge is 2.25. The zero-order chi connectivity index (χ0) is 15.6. The zero-order valence-corrected chi connectivity index (χ0v) is 12.6. The molecule has 2 rings (SSSR count). The van der Waals surface area contributed by atoms with Crippen molar-refractivity contribution in [1.82, 2.24) is 0 Å². The molecule has 0 saturated heterocycles. The molecule has 0 fully saturated rings. The summed E-state index contributed by atoms with van der Waals surface area (Å²) in [6.45, 7) is 0. The average Bonchev–Trinajstić information content (AvgIpc) is 2.43. The fourth-order valence-corrected chi connectivity index (χ4v) is 2.30. The van der Waals surface area contributed by atoms with Gasteiger partial charge in [-0.2, -0.15) is 0 Å². The normalized spacial score (nSPS) is 10.7. The largest absolute Gasteiger partial charge is 0.448 e. The molecule has 0 unspecified atom stereocenters. The molecule has 0 spiro atoms. The van der Waals surface area contributed by atoms with Gasteiger partial charge in [-0.05, 0) is 40.2 Å². The van der Waals surface area contributed by atoms with Gasteiger partial charge in [-0.15, -0.1) is 0 Å². The van der Waals surface area contributed by atoms with Crippen LogP contribution in [0.15, 0.2) is 40.9 Å². The molecule has 0 amide bonds. The highest BCUT2D eigenvalue weighted by Crippen LogP contribution is 2.44. The van der Waals surface area contributed by atoms with Crippen LogP contribution in [0.5, 0.6) is 11.5 Å². The van der Waals surface area contributed by atoms with Crippen LogP contribution >= 0.6 is 27.5 Å². The first kappa shape index (κ1) is 15.7. The molecule has 0 atom stereocenters. The molecule has 4 nitrogen and oxygen atoms in total. The molecule has 0 saturated carbocycles. The van der Waals surface area contributed by atoms with E-state index in [0.29, 0.717) is 0 Å². The van der Waals surface area contributed by atoms with Gasteiger partial charge >= 0.3 is 5.69 Å². The van der Waals surface area contributed by atoms with Crippen LogP contribution in [0, 0.1) is 10.1 Å². The summed E-state index contributed by atoms with van der Waals surface area (Å²) in [6.07, 6.45) is -2.77. The molecule has 0 heterocycles. The Kier molecular flexibility index (Phi) is 4.74. The fourth-order valence-electron chi connectivity index (χ4n) is 1.65. The average molecular weight is 379 g/mol. The zero-order valence-electron chi connectivity index (χ0n) is 10.2. The minimum atomic E-state index is -2.77. The Hall–Kier alpha value is -1.73. The molecule has 0 aliphatic rings. The van der Waals surface area contributed by atoms with Gasteiger partial charge < -0.3 is 4.74 Å². The highest BCUT2D eigenvalue weighted by atomic mass is 79.9. The summed E-state index contributed by atoms with van der Waals surface area (Å²) in [5.41, 5.74) is -0.797. The first-order valence-corrected chi connectivity index (χ1v) is 6.76. The minimum Gasteiger partial charge on any atom is -0.448 e. The third kappa shape index (κ3) is 3.30. The third-order valence-corrected chi connectivity index (χ3v) is 3.52. The van der Waals surface area contributed by atoms with Crippen LogP contribution in [0.25, 0.3) is 0 Å². The predicted octanol–water partition coefficient (Wildman–Crippen LogP) is 5.74. The maximum absolute atomic E-state index is 12.9. The van der Waals surface area contributed by atoms with E-state index < -0.39 is 17.0 Å². The van der Waals surface area contributed by atoms with Crippen molar-refractivity contribution in [1.29, 1.82) is 0 Å². The Morgan fingerprint density at radius 2 is 1.90 bits per heavy atom. The van der Waals surface area contributed by atoms with Crippen LogP contribution in [0.4, 0.5) is 14.5 Å². The molecule has 0 N–H and O–H groups in total. The summed E-state index contributed by atoms with van der Waals surface area (Å²) < 4.78 is 31.3. The van der Waals surface area contributed by atoms with Crippen molar-refractivity contribution in [3.8, 4) is 11.5 Å². The van der Waals surface area contributed by atoms with Gasteiger partial charge in [0.05, 0.1) is 20.0 Å². The molecular formula is C13H7BrClF2NO3. The van der Waals surface area contributed by atoms with Crippen molar-refractivity contribution >= 4 is 33.2 Å². The SMILES string of the molecule is O=[N+]([O-])c1c(Br)ccc(Cl)c1Oc1ccccc1C(F)F. The number of para-hydroxylation sites is 1. The van der Waals surface area contributed by atoms with Gasteiger partial charge in [0, 0.05) is 0 Å².